The number of aromatic nitrogens is 2. The van der Waals surface area contributed by atoms with Crippen molar-refractivity contribution in [3.8, 4) is 0 Å². The molecule has 140 valence electrons. The number of nitrogens with one attached hydrogen (secondary N) is 1. The second-order valence-corrected chi connectivity index (χ2v) is 7.58. The van der Waals surface area contributed by atoms with Crippen LogP contribution in [0.3, 0.4) is 0 Å². The van der Waals surface area contributed by atoms with Gasteiger partial charge in [-0.1, -0.05) is 12.1 Å². The van der Waals surface area contributed by atoms with Crippen molar-refractivity contribution < 1.29 is 14.7 Å². The lowest BCUT2D eigenvalue weighted by Gasteiger charge is -2.19. The number of carbonyl (C=O) groups excluding carboxylic acids is 1. The summed E-state index contributed by atoms with van der Waals surface area (Å²) in [6.45, 7) is 3.48. The monoisotopic (exact) mass is 385 g/mol. The second-order valence-electron chi connectivity index (χ2n) is 6.69. The molecule has 2 heterocycles. The number of carboxylic acids is 1. The molecule has 3 rings (SSSR count). The van der Waals surface area contributed by atoms with Crippen LogP contribution in [0.25, 0.3) is 10.2 Å². The Balaban J connectivity index is 1.63. The molecule has 0 radical (unpaired) electrons. The molecule has 0 saturated carbocycles. The zero-order valence-corrected chi connectivity index (χ0v) is 15.7. The molecule has 0 spiro atoms. The second kappa shape index (κ2) is 7.32. The van der Waals surface area contributed by atoms with Gasteiger partial charge in [0.05, 0.1) is 17.1 Å². The molecule has 0 aliphatic heterocycles. The van der Waals surface area contributed by atoms with Crippen LogP contribution in [0.1, 0.15) is 25.8 Å². The smallest absolute Gasteiger partial charge is 0.313 e. The Morgan fingerprint density at radius 1 is 1.22 bits per heavy atom. The number of fused-ring (bicyclic) bond motifs is 1. The number of aryl methyl sites for hydroxylation is 1. The molecule has 0 atom stereocenters. The van der Waals surface area contributed by atoms with Crippen LogP contribution in [0.4, 0.5) is 5.69 Å². The van der Waals surface area contributed by atoms with E-state index in [1.165, 1.54) is 22.2 Å². The fraction of sp³-hybridized carbons (Fsp3) is 0.263. The molecule has 0 aliphatic rings. The van der Waals surface area contributed by atoms with E-state index in [4.69, 9.17) is 0 Å². The largest absolute Gasteiger partial charge is 0.481 e. The van der Waals surface area contributed by atoms with Gasteiger partial charge in [-0.3, -0.25) is 19.0 Å². The summed E-state index contributed by atoms with van der Waals surface area (Å²) in [5, 5.41) is 14.4. The molecule has 0 bridgehead atoms. The molecule has 0 unspecified atom stereocenters. The number of rotatable bonds is 6. The van der Waals surface area contributed by atoms with Crippen molar-refractivity contribution >= 4 is 39.1 Å². The fourth-order valence-corrected chi connectivity index (χ4v) is 3.32. The summed E-state index contributed by atoms with van der Waals surface area (Å²) < 4.78 is 1.42. The Kier molecular flexibility index (Phi) is 5.09. The van der Waals surface area contributed by atoms with Crippen molar-refractivity contribution in [3.05, 3.63) is 58.0 Å². The summed E-state index contributed by atoms with van der Waals surface area (Å²) in [6, 6.07) is 8.43. The standard InChI is InChI=1S/C19H19N3O4S/c1-19(2,18(25)26)12-3-5-13(6-4-12)21-15(23)7-9-22-11-20-16-14(17(22)24)8-10-27-16/h3-6,8,10-11H,7,9H2,1-2H3,(H,21,23)(H,25,26). The molecule has 1 amide bonds. The van der Waals surface area contributed by atoms with Crippen LogP contribution in [0.2, 0.25) is 0 Å². The summed E-state index contributed by atoms with van der Waals surface area (Å²) in [7, 11) is 0. The van der Waals surface area contributed by atoms with Gasteiger partial charge in [0, 0.05) is 18.7 Å². The quantitative estimate of drug-likeness (QED) is 0.679. The van der Waals surface area contributed by atoms with Crippen LogP contribution >= 0.6 is 11.3 Å². The lowest BCUT2D eigenvalue weighted by atomic mass is 9.85. The van der Waals surface area contributed by atoms with Crippen molar-refractivity contribution in [2.24, 2.45) is 0 Å². The molecule has 3 aromatic rings. The third-order valence-corrected chi connectivity index (χ3v) is 5.28. The van der Waals surface area contributed by atoms with E-state index >= 15 is 0 Å². The van der Waals surface area contributed by atoms with Gasteiger partial charge in [-0.2, -0.15) is 0 Å². The van der Waals surface area contributed by atoms with Crippen LogP contribution in [-0.4, -0.2) is 26.5 Å². The number of carbonyl (C=O) groups is 2. The van der Waals surface area contributed by atoms with Crippen LogP contribution in [0.15, 0.2) is 46.8 Å². The molecule has 1 aromatic carbocycles. The highest BCUT2D eigenvalue weighted by Gasteiger charge is 2.29. The maximum absolute atomic E-state index is 12.3. The molecule has 7 nitrogen and oxygen atoms in total. The average molecular weight is 385 g/mol. The first kappa shape index (κ1) is 18.8. The third-order valence-electron chi connectivity index (χ3n) is 4.46. The minimum atomic E-state index is -1.00. The summed E-state index contributed by atoms with van der Waals surface area (Å²) in [5.74, 6) is -1.15. The number of hydrogen-bond acceptors (Lipinski definition) is 5. The lowest BCUT2D eigenvalue weighted by molar-refractivity contribution is -0.142. The van der Waals surface area contributed by atoms with Crippen molar-refractivity contribution in [1.82, 2.24) is 9.55 Å². The van der Waals surface area contributed by atoms with Gasteiger partial charge in [-0.05, 0) is 43.0 Å². The highest BCUT2D eigenvalue weighted by atomic mass is 32.1. The Labute approximate surface area is 159 Å². The Hall–Kier alpha value is -3.00. The van der Waals surface area contributed by atoms with Gasteiger partial charge >= 0.3 is 5.97 Å². The number of thiophene rings is 1. The first-order chi connectivity index (χ1) is 12.8. The zero-order chi connectivity index (χ0) is 19.6. The number of hydrogen-bond donors (Lipinski definition) is 2. The van der Waals surface area contributed by atoms with Crippen molar-refractivity contribution in [1.29, 1.82) is 0 Å². The fourth-order valence-electron chi connectivity index (χ4n) is 2.59. The molecule has 2 aromatic heterocycles. The molecule has 0 aliphatic carbocycles. The number of benzene rings is 1. The van der Waals surface area contributed by atoms with Gasteiger partial charge in [0.15, 0.2) is 0 Å². The van der Waals surface area contributed by atoms with Gasteiger partial charge in [0.1, 0.15) is 4.83 Å². The summed E-state index contributed by atoms with van der Waals surface area (Å²) in [6.07, 6.45) is 1.58. The summed E-state index contributed by atoms with van der Waals surface area (Å²) in [5.41, 5.74) is 0.0597. The van der Waals surface area contributed by atoms with E-state index in [0.717, 1.165) is 0 Å². The van der Waals surface area contributed by atoms with Gasteiger partial charge in [-0.25, -0.2) is 4.98 Å². The van der Waals surface area contributed by atoms with E-state index in [1.807, 2.05) is 5.38 Å². The van der Waals surface area contributed by atoms with Gasteiger partial charge in [0.2, 0.25) is 5.91 Å². The minimum absolute atomic E-state index is 0.125. The van der Waals surface area contributed by atoms with E-state index in [-0.39, 0.29) is 24.4 Å². The molecule has 0 saturated heterocycles. The van der Waals surface area contributed by atoms with E-state index in [2.05, 4.69) is 10.3 Å². The number of nitrogens with zero attached hydrogens (tertiary/aromatic N) is 2. The van der Waals surface area contributed by atoms with Crippen LogP contribution in [0, 0.1) is 0 Å². The third kappa shape index (κ3) is 3.90. The highest BCUT2D eigenvalue weighted by molar-refractivity contribution is 7.16. The maximum Gasteiger partial charge on any atom is 0.313 e. The predicted molar refractivity (Wildman–Crippen MR) is 104 cm³/mol. The normalized spacial score (nSPS) is 11.5. The molecular formula is C19H19N3O4S. The van der Waals surface area contributed by atoms with E-state index < -0.39 is 11.4 Å². The molecule has 0 fully saturated rings. The van der Waals surface area contributed by atoms with Crippen LogP contribution < -0.4 is 10.9 Å². The molecule has 8 heteroatoms. The van der Waals surface area contributed by atoms with E-state index in [1.54, 1.807) is 44.2 Å². The van der Waals surface area contributed by atoms with Gasteiger partial charge < -0.3 is 10.4 Å². The number of anilines is 1. The first-order valence-electron chi connectivity index (χ1n) is 8.35. The number of amides is 1. The number of aliphatic carboxylic acids is 1. The number of carboxylic acid groups (broad SMARTS) is 1. The first-order valence-corrected chi connectivity index (χ1v) is 9.23. The SMILES string of the molecule is CC(C)(C(=O)O)c1ccc(NC(=O)CCn2cnc3sccc3c2=O)cc1. The summed E-state index contributed by atoms with van der Waals surface area (Å²) >= 11 is 1.40. The Morgan fingerprint density at radius 2 is 1.93 bits per heavy atom. The molecule has 27 heavy (non-hydrogen) atoms. The molecule has 2 N–H and O–H groups in total. The molecular weight excluding hydrogens is 366 g/mol. The van der Waals surface area contributed by atoms with Gasteiger partial charge in [0.25, 0.3) is 5.56 Å². The van der Waals surface area contributed by atoms with Crippen molar-refractivity contribution in [2.45, 2.75) is 32.2 Å². The van der Waals surface area contributed by atoms with Crippen molar-refractivity contribution in [3.63, 3.8) is 0 Å². The Bertz CT molecular complexity index is 1050. The van der Waals surface area contributed by atoms with Crippen molar-refractivity contribution in [2.75, 3.05) is 5.32 Å². The van der Waals surface area contributed by atoms with E-state index in [9.17, 15) is 19.5 Å². The Morgan fingerprint density at radius 3 is 2.59 bits per heavy atom. The summed E-state index contributed by atoms with van der Waals surface area (Å²) in [4.78, 5) is 40.7. The lowest BCUT2D eigenvalue weighted by Crippen LogP contribution is -2.28. The zero-order valence-electron chi connectivity index (χ0n) is 14.9. The topological polar surface area (TPSA) is 101 Å². The van der Waals surface area contributed by atoms with E-state index in [0.29, 0.717) is 21.5 Å². The average Bonchev–Trinajstić information content (AvgIpc) is 3.11. The van der Waals surface area contributed by atoms with Crippen LogP contribution in [0.5, 0.6) is 0 Å². The van der Waals surface area contributed by atoms with Gasteiger partial charge in [-0.15, -0.1) is 11.3 Å². The highest BCUT2D eigenvalue weighted by Crippen LogP contribution is 2.24. The minimum Gasteiger partial charge on any atom is -0.481 e. The predicted octanol–water partition coefficient (Wildman–Crippen LogP) is 2.85. The van der Waals surface area contributed by atoms with Crippen LogP contribution in [-0.2, 0) is 21.5 Å². The maximum atomic E-state index is 12.3.